The summed E-state index contributed by atoms with van der Waals surface area (Å²) in [6, 6.07) is 21.1. The van der Waals surface area contributed by atoms with Crippen LogP contribution < -0.4 is 9.62 Å². The van der Waals surface area contributed by atoms with E-state index in [1.165, 1.54) is 5.56 Å². The van der Waals surface area contributed by atoms with Gasteiger partial charge >= 0.3 is 0 Å². The average molecular weight is 489 g/mol. The predicted molar refractivity (Wildman–Crippen MR) is 132 cm³/mol. The van der Waals surface area contributed by atoms with E-state index in [2.05, 4.69) is 5.32 Å². The SMILES string of the molecule is Cc1ccc(SCCNC(=O)CN(c2ccc(Cl)cc2)S(=O)(=O)c2ccc(C)cc2)cc1. The lowest BCUT2D eigenvalue weighted by atomic mass is 10.2. The molecule has 0 atom stereocenters. The van der Waals surface area contributed by atoms with E-state index >= 15 is 0 Å². The van der Waals surface area contributed by atoms with Crippen molar-refractivity contribution in [3.8, 4) is 0 Å². The molecule has 0 aliphatic heterocycles. The normalized spacial score (nSPS) is 11.2. The summed E-state index contributed by atoms with van der Waals surface area (Å²) in [6.45, 7) is 4.02. The number of nitrogens with zero attached hydrogens (tertiary/aromatic N) is 1. The number of hydrogen-bond acceptors (Lipinski definition) is 4. The van der Waals surface area contributed by atoms with Gasteiger partial charge in [0, 0.05) is 22.2 Å². The minimum atomic E-state index is -3.93. The van der Waals surface area contributed by atoms with Crippen LogP contribution in [0, 0.1) is 13.8 Å². The molecule has 3 aromatic carbocycles. The summed E-state index contributed by atoms with van der Waals surface area (Å²) in [6.07, 6.45) is 0. The Kier molecular flexibility index (Phi) is 8.23. The van der Waals surface area contributed by atoms with Gasteiger partial charge < -0.3 is 5.32 Å². The van der Waals surface area contributed by atoms with Gasteiger partial charge in [-0.1, -0.05) is 47.0 Å². The third-order valence-electron chi connectivity index (χ3n) is 4.72. The molecule has 5 nitrogen and oxygen atoms in total. The molecule has 0 unspecified atom stereocenters. The van der Waals surface area contributed by atoms with Gasteiger partial charge in [-0.25, -0.2) is 8.42 Å². The first-order valence-electron chi connectivity index (χ1n) is 10.1. The number of carbonyl (C=O) groups is 1. The maximum absolute atomic E-state index is 13.3. The molecule has 32 heavy (non-hydrogen) atoms. The van der Waals surface area contributed by atoms with Crippen LogP contribution in [0.15, 0.2) is 82.6 Å². The Morgan fingerprint density at radius 3 is 2.06 bits per heavy atom. The van der Waals surface area contributed by atoms with Gasteiger partial charge in [-0.05, 0) is 62.4 Å². The summed E-state index contributed by atoms with van der Waals surface area (Å²) in [4.78, 5) is 13.9. The quantitative estimate of drug-likeness (QED) is 0.337. The molecule has 1 N–H and O–H groups in total. The third kappa shape index (κ3) is 6.51. The topological polar surface area (TPSA) is 66.5 Å². The molecule has 168 valence electrons. The van der Waals surface area contributed by atoms with Gasteiger partial charge in [-0.3, -0.25) is 9.10 Å². The molecule has 0 spiro atoms. The number of sulfonamides is 1. The van der Waals surface area contributed by atoms with E-state index in [0.717, 1.165) is 14.8 Å². The predicted octanol–water partition coefficient (Wildman–Crippen LogP) is 5.06. The van der Waals surface area contributed by atoms with Crippen LogP contribution in [-0.2, 0) is 14.8 Å². The highest BCUT2D eigenvalue weighted by molar-refractivity contribution is 7.99. The number of thioether (sulfide) groups is 1. The standard InChI is InChI=1S/C24H25ClN2O3S2/c1-18-3-11-22(12-4-18)31-16-15-26-24(28)17-27(21-9-7-20(25)8-10-21)32(29,30)23-13-5-19(2)6-14-23/h3-14H,15-17H2,1-2H3,(H,26,28). The van der Waals surface area contributed by atoms with Crippen molar-refractivity contribution >= 4 is 45.0 Å². The number of amides is 1. The van der Waals surface area contributed by atoms with Gasteiger partial charge in [0.05, 0.1) is 10.6 Å². The van der Waals surface area contributed by atoms with Crippen molar-refractivity contribution in [2.45, 2.75) is 23.6 Å². The number of halogens is 1. The lowest BCUT2D eigenvalue weighted by molar-refractivity contribution is -0.119. The van der Waals surface area contributed by atoms with Crippen LogP contribution in [0.3, 0.4) is 0 Å². The number of anilines is 1. The molecular formula is C24H25ClN2O3S2. The molecule has 3 aromatic rings. The second-order valence-electron chi connectivity index (χ2n) is 7.31. The molecule has 0 radical (unpaired) electrons. The highest BCUT2D eigenvalue weighted by atomic mass is 35.5. The molecule has 0 heterocycles. The molecular weight excluding hydrogens is 464 g/mol. The molecule has 3 rings (SSSR count). The Morgan fingerprint density at radius 1 is 0.906 bits per heavy atom. The number of hydrogen-bond donors (Lipinski definition) is 1. The minimum Gasteiger partial charge on any atom is -0.354 e. The summed E-state index contributed by atoms with van der Waals surface area (Å²) in [7, 11) is -3.93. The fourth-order valence-electron chi connectivity index (χ4n) is 2.94. The fourth-order valence-corrected chi connectivity index (χ4v) is 5.26. The van der Waals surface area contributed by atoms with Crippen molar-refractivity contribution in [2.75, 3.05) is 23.1 Å². The number of benzene rings is 3. The van der Waals surface area contributed by atoms with Gasteiger partial charge in [0.1, 0.15) is 6.54 Å². The van der Waals surface area contributed by atoms with Crippen molar-refractivity contribution in [1.29, 1.82) is 0 Å². The summed E-state index contributed by atoms with van der Waals surface area (Å²) in [5.74, 6) is 0.306. The number of carbonyl (C=O) groups excluding carboxylic acids is 1. The molecule has 0 bridgehead atoms. The second kappa shape index (κ2) is 10.9. The molecule has 1 amide bonds. The first-order chi connectivity index (χ1) is 15.3. The molecule has 0 fully saturated rings. The Labute approximate surface area is 198 Å². The van der Waals surface area contributed by atoms with E-state index in [9.17, 15) is 13.2 Å². The largest absolute Gasteiger partial charge is 0.354 e. The lowest BCUT2D eigenvalue weighted by Gasteiger charge is -2.24. The van der Waals surface area contributed by atoms with Crippen molar-refractivity contribution in [3.05, 3.63) is 88.9 Å². The first kappa shape index (κ1) is 24.2. The number of rotatable bonds is 9. The number of nitrogens with one attached hydrogen (secondary N) is 1. The van der Waals surface area contributed by atoms with E-state index < -0.39 is 10.0 Å². The Morgan fingerprint density at radius 2 is 1.47 bits per heavy atom. The van der Waals surface area contributed by atoms with Crippen LogP contribution in [0.1, 0.15) is 11.1 Å². The molecule has 0 aromatic heterocycles. The molecule has 0 saturated heterocycles. The van der Waals surface area contributed by atoms with Crippen LogP contribution in [0.25, 0.3) is 0 Å². The Hall–Kier alpha value is -2.48. The third-order valence-corrected chi connectivity index (χ3v) is 7.78. The lowest BCUT2D eigenvalue weighted by Crippen LogP contribution is -2.41. The maximum Gasteiger partial charge on any atom is 0.264 e. The average Bonchev–Trinajstić information content (AvgIpc) is 2.77. The van der Waals surface area contributed by atoms with Gasteiger partial charge in [-0.15, -0.1) is 11.8 Å². The van der Waals surface area contributed by atoms with Gasteiger partial charge in [-0.2, -0.15) is 0 Å². The van der Waals surface area contributed by atoms with Gasteiger partial charge in [0.2, 0.25) is 5.91 Å². The monoisotopic (exact) mass is 488 g/mol. The van der Waals surface area contributed by atoms with Crippen LogP contribution in [0.2, 0.25) is 5.02 Å². The molecule has 0 aliphatic rings. The Bertz CT molecular complexity index is 1150. The maximum atomic E-state index is 13.3. The zero-order valence-electron chi connectivity index (χ0n) is 17.9. The van der Waals surface area contributed by atoms with Crippen LogP contribution in [0.5, 0.6) is 0 Å². The zero-order chi connectivity index (χ0) is 23.1. The summed E-state index contributed by atoms with van der Waals surface area (Å²) in [5.41, 5.74) is 2.52. The number of aryl methyl sites for hydroxylation is 2. The van der Waals surface area contributed by atoms with E-state index in [1.54, 1.807) is 60.3 Å². The van der Waals surface area contributed by atoms with Crippen molar-refractivity contribution in [2.24, 2.45) is 0 Å². The molecule has 0 saturated carbocycles. The Balaban J connectivity index is 1.69. The van der Waals surface area contributed by atoms with E-state index in [0.29, 0.717) is 23.0 Å². The zero-order valence-corrected chi connectivity index (χ0v) is 20.3. The summed E-state index contributed by atoms with van der Waals surface area (Å²) >= 11 is 7.60. The van der Waals surface area contributed by atoms with Crippen LogP contribution in [-0.4, -0.2) is 33.2 Å². The van der Waals surface area contributed by atoms with E-state index in [-0.39, 0.29) is 17.3 Å². The fraction of sp³-hybridized carbons (Fsp3) is 0.208. The van der Waals surface area contributed by atoms with Crippen molar-refractivity contribution in [1.82, 2.24) is 5.32 Å². The highest BCUT2D eigenvalue weighted by Gasteiger charge is 2.27. The van der Waals surface area contributed by atoms with Gasteiger partial charge in [0.25, 0.3) is 10.0 Å². The van der Waals surface area contributed by atoms with E-state index in [1.807, 2.05) is 38.1 Å². The van der Waals surface area contributed by atoms with Crippen LogP contribution in [0.4, 0.5) is 5.69 Å². The van der Waals surface area contributed by atoms with Crippen LogP contribution >= 0.6 is 23.4 Å². The second-order valence-corrected chi connectivity index (χ2v) is 10.8. The summed E-state index contributed by atoms with van der Waals surface area (Å²) < 4.78 is 27.7. The first-order valence-corrected chi connectivity index (χ1v) is 12.9. The van der Waals surface area contributed by atoms with Crippen molar-refractivity contribution < 1.29 is 13.2 Å². The minimum absolute atomic E-state index is 0.126. The highest BCUT2D eigenvalue weighted by Crippen LogP contribution is 2.25. The molecule has 8 heteroatoms. The smallest absolute Gasteiger partial charge is 0.264 e. The van der Waals surface area contributed by atoms with Gasteiger partial charge in [0.15, 0.2) is 0 Å². The van der Waals surface area contributed by atoms with Crippen molar-refractivity contribution in [3.63, 3.8) is 0 Å². The summed E-state index contributed by atoms with van der Waals surface area (Å²) in [5, 5.41) is 3.30. The van der Waals surface area contributed by atoms with E-state index in [4.69, 9.17) is 11.6 Å². The molecule has 0 aliphatic carbocycles.